The van der Waals surface area contributed by atoms with Gasteiger partial charge in [-0.3, -0.25) is 14.9 Å². The zero-order valence-electron chi connectivity index (χ0n) is 10.3. The van der Waals surface area contributed by atoms with Crippen molar-refractivity contribution in [1.29, 1.82) is 0 Å². The van der Waals surface area contributed by atoms with Crippen molar-refractivity contribution in [3.05, 3.63) is 61.8 Å². The van der Waals surface area contributed by atoms with E-state index in [2.05, 4.69) is 5.32 Å². The summed E-state index contributed by atoms with van der Waals surface area (Å²) < 4.78 is 0. The molecule has 0 bridgehead atoms. The molecule has 1 N–H and O–H groups in total. The van der Waals surface area contributed by atoms with Crippen LogP contribution in [0.5, 0.6) is 0 Å². The molecule has 5 nitrogen and oxygen atoms in total. The molecule has 0 aliphatic heterocycles. The normalized spacial score (nSPS) is 10.2. The number of hydrogen-bond acceptors (Lipinski definition) is 4. The summed E-state index contributed by atoms with van der Waals surface area (Å²) in [6.45, 7) is 2.00. The van der Waals surface area contributed by atoms with Gasteiger partial charge in [-0.05, 0) is 24.4 Å². The van der Waals surface area contributed by atoms with Crippen molar-refractivity contribution in [1.82, 2.24) is 5.32 Å². The zero-order chi connectivity index (χ0) is 13.8. The number of benzene rings is 1. The highest BCUT2D eigenvalue weighted by Gasteiger charge is 2.21. The third kappa shape index (κ3) is 2.97. The molecule has 0 spiro atoms. The van der Waals surface area contributed by atoms with Gasteiger partial charge in [0, 0.05) is 10.4 Å². The second kappa shape index (κ2) is 5.62. The van der Waals surface area contributed by atoms with Gasteiger partial charge in [0.15, 0.2) is 0 Å². The summed E-state index contributed by atoms with van der Waals surface area (Å²) in [5, 5.41) is 15.6. The summed E-state index contributed by atoms with van der Waals surface area (Å²) >= 11 is 1.53. The maximum atomic E-state index is 12.0. The first kappa shape index (κ1) is 13.2. The molecule has 2 rings (SSSR count). The molecule has 19 heavy (non-hydrogen) atoms. The highest BCUT2D eigenvalue weighted by molar-refractivity contribution is 7.09. The van der Waals surface area contributed by atoms with Crippen LogP contribution in [0, 0.1) is 17.0 Å². The highest BCUT2D eigenvalue weighted by Crippen LogP contribution is 2.23. The lowest BCUT2D eigenvalue weighted by atomic mass is 10.1. The molecule has 0 aliphatic rings. The first-order valence-electron chi connectivity index (χ1n) is 5.64. The van der Waals surface area contributed by atoms with Crippen LogP contribution >= 0.6 is 11.3 Å². The van der Waals surface area contributed by atoms with Crippen molar-refractivity contribution in [3.63, 3.8) is 0 Å². The molecule has 1 heterocycles. The van der Waals surface area contributed by atoms with E-state index in [4.69, 9.17) is 0 Å². The quantitative estimate of drug-likeness (QED) is 0.689. The Balaban J connectivity index is 2.19. The molecule has 0 saturated carbocycles. The van der Waals surface area contributed by atoms with Crippen LogP contribution in [-0.2, 0) is 6.54 Å². The van der Waals surface area contributed by atoms with E-state index in [1.54, 1.807) is 19.1 Å². The van der Waals surface area contributed by atoms with Gasteiger partial charge in [0.05, 0.1) is 11.5 Å². The van der Waals surface area contributed by atoms with Gasteiger partial charge in [-0.2, -0.15) is 0 Å². The second-order valence-electron chi connectivity index (χ2n) is 3.99. The summed E-state index contributed by atoms with van der Waals surface area (Å²) in [5.41, 5.74) is 0.446. The predicted octanol–water partition coefficient (Wildman–Crippen LogP) is 2.89. The van der Waals surface area contributed by atoms with Crippen LogP contribution in [0.3, 0.4) is 0 Å². The number of carbonyl (C=O) groups is 1. The fraction of sp³-hybridized carbons (Fsp3) is 0.154. The van der Waals surface area contributed by atoms with Crippen molar-refractivity contribution in [2.45, 2.75) is 13.5 Å². The van der Waals surface area contributed by atoms with E-state index in [-0.39, 0.29) is 11.3 Å². The van der Waals surface area contributed by atoms with E-state index in [9.17, 15) is 14.9 Å². The molecule has 1 amide bonds. The molecule has 6 heteroatoms. The third-order valence-electron chi connectivity index (χ3n) is 2.67. The number of carbonyl (C=O) groups excluding carboxylic acids is 1. The largest absolute Gasteiger partial charge is 0.347 e. The number of amides is 1. The molecule has 1 aromatic carbocycles. The van der Waals surface area contributed by atoms with Crippen LogP contribution in [0.2, 0.25) is 0 Å². The van der Waals surface area contributed by atoms with E-state index in [0.29, 0.717) is 12.1 Å². The number of rotatable bonds is 4. The molecule has 0 aliphatic carbocycles. The minimum Gasteiger partial charge on any atom is -0.347 e. The molecular weight excluding hydrogens is 264 g/mol. The van der Waals surface area contributed by atoms with Gasteiger partial charge in [0.25, 0.3) is 11.6 Å². The lowest BCUT2D eigenvalue weighted by molar-refractivity contribution is -0.385. The average Bonchev–Trinajstić information content (AvgIpc) is 2.88. The number of nitrogens with zero attached hydrogens (tertiary/aromatic N) is 1. The Hall–Kier alpha value is -2.21. The number of thiophene rings is 1. The summed E-state index contributed by atoms with van der Waals surface area (Å²) in [4.78, 5) is 23.5. The molecule has 0 unspecified atom stereocenters. The van der Waals surface area contributed by atoms with Gasteiger partial charge in [-0.25, -0.2) is 0 Å². The van der Waals surface area contributed by atoms with Crippen LogP contribution in [0.4, 0.5) is 5.69 Å². The number of para-hydroxylation sites is 1. The summed E-state index contributed by atoms with van der Waals surface area (Å²) in [5.74, 6) is -0.427. The fourth-order valence-electron chi connectivity index (χ4n) is 1.76. The minimum atomic E-state index is -0.518. The van der Waals surface area contributed by atoms with Gasteiger partial charge in [-0.15, -0.1) is 11.3 Å². The maximum Gasteiger partial charge on any atom is 0.285 e. The lowest BCUT2D eigenvalue weighted by Crippen LogP contribution is -2.23. The minimum absolute atomic E-state index is 0.0987. The summed E-state index contributed by atoms with van der Waals surface area (Å²) in [7, 11) is 0. The van der Waals surface area contributed by atoms with Gasteiger partial charge < -0.3 is 5.32 Å². The van der Waals surface area contributed by atoms with Crippen LogP contribution in [0.15, 0.2) is 35.7 Å². The van der Waals surface area contributed by atoms with E-state index in [1.165, 1.54) is 17.4 Å². The third-order valence-corrected chi connectivity index (χ3v) is 3.54. The van der Waals surface area contributed by atoms with Gasteiger partial charge >= 0.3 is 0 Å². The molecule has 1 aromatic heterocycles. The Bertz CT molecular complexity index is 608. The van der Waals surface area contributed by atoms with Gasteiger partial charge in [0.2, 0.25) is 0 Å². The van der Waals surface area contributed by atoms with Crippen molar-refractivity contribution < 1.29 is 9.72 Å². The topological polar surface area (TPSA) is 72.2 Å². The molecule has 0 fully saturated rings. The van der Waals surface area contributed by atoms with Crippen LogP contribution in [-0.4, -0.2) is 10.8 Å². The first-order chi connectivity index (χ1) is 9.09. The van der Waals surface area contributed by atoms with Crippen LogP contribution in [0.25, 0.3) is 0 Å². The summed E-state index contributed by atoms with van der Waals surface area (Å²) in [6, 6.07) is 8.52. The van der Waals surface area contributed by atoms with E-state index in [1.807, 2.05) is 17.5 Å². The number of aryl methyl sites for hydroxylation is 1. The highest BCUT2D eigenvalue weighted by atomic mass is 32.1. The molecular formula is C13H12N2O3S. The lowest BCUT2D eigenvalue weighted by Gasteiger charge is -2.06. The Kier molecular flexibility index (Phi) is 3.91. The molecule has 0 atom stereocenters. The van der Waals surface area contributed by atoms with Crippen molar-refractivity contribution >= 4 is 22.9 Å². The average molecular weight is 276 g/mol. The van der Waals surface area contributed by atoms with Crippen molar-refractivity contribution in [3.8, 4) is 0 Å². The van der Waals surface area contributed by atoms with E-state index < -0.39 is 10.8 Å². The number of nitro groups is 1. The Morgan fingerprint density at radius 1 is 1.37 bits per heavy atom. The standard InChI is InChI=1S/C13H12N2O3S/c1-9-4-2-6-11(12(9)15(17)18)13(16)14-8-10-5-3-7-19-10/h2-7H,8H2,1H3,(H,14,16). The smallest absolute Gasteiger partial charge is 0.285 e. The Morgan fingerprint density at radius 3 is 2.79 bits per heavy atom. The molecule has 2 aromatic rings. The zero-order valence-corrected chi connectivity index (χ0v) is 11.1. The van der Waals surface area contributed by atoms with E-state index in [0.717, 1.165) is 4.88 Å². The van der Waals surface area contributed by atoms with Crippen molar-refractivity contribution in [2.75, 3.05) is 0 Å². The second-order valence-corrected chi connectivity index (χ2v) is 5.02. The van der Waals surface area contributed by atoms with Crippen LogP contribution < -0.4 is 5.32 Å². The Labute approximate surface area is 114 Å². The first-order valence-corrected chi connectivity index (χ1v) is 6.52. The SMILES string of the molecule is Cc1cccc(C(=O)NCc2cccs2)c1[N+](=O)[O-]. The molecule has 98 valence electrons. The monoisotopic (exact) mass is 276 g/mol. The van der Waals surface area contributed by atoms with E-state index >= 15 is 0 Å². The van der Waals surface area contributed by atoms with Gasteiger partial charge in [0.1, 0.15) is 5.56 Å². The van der Waals surface area contributed by atoms with Gasteiger partial charge in [-0.1, -0.05) is 18.2 Å². The maximum absolute atomic E-state index is 12.0. The molecule has 0 saturated heterocycles. The predicted molar refractivity (Wildman–Crippen MR) is 73.3 cm³/mol. The molecule has 0 radical (unpaired) electrons. The number of nitrogens with one attached hydrogen (secondary N) is 1. The van der Waals surface area contributed by atoms with Crippen LogP contribution in [0.1, 0.15) is 20.8 Å². The summed E-state index contributed by atoms with van der Waals surface area (Å²) in [6.07, 6.45) is 0. The van der Waals surface area contributed by atoms with Crippen molar-refractivity contribution in [2.24, 2.45) is 0 Å². The number of hydrogen-bond donors (Lipinski definition) is 1. The fourth-order valence-corrected chi connectivity index (χ4v) is 2.40. The number of nitro benzene ring substituents is 1. The Morgan fingerprint density at radius 2 is 2.16 bits per heavy atom.